The van der Waals surface area contributed by atoms with Crippen LogP contribution in [-0.2, 0) is 13.6 Å². The molecule has 0 spiro atoms. The van der Waals surface area contributed by atoms with Crippen molar-refractivity contribution in [1.29, 1.82) is 0 Å². The summed E-state index contributed by atoms with van der Waals surface area (Å²) in [5.41, 5.74) is 5.73. The van der Waals surface area contributed by atoms with Crippen LogP contribution in [0.15, 0.2) is 48.9 Å². The van der Waals surface area contributed by atoms with Crippen LogP contribution < -0.4 is 20.1 Å². The largest absolute Gasteiger partial charge is 0.494 e. The summed E-state index contributed by atoms with van der Waals surface area (Å²) in [5.74, 6) is 2.05. The molecule has 9 nitrogen and oxygen atoms in total. The SMILES string of the molecule is COc1cc(Nc2ccc3c(n2)OC(c2cc(C)nn2C)CNC3)ccc1-n1cnc(C)c1. The number of anilines is 2. The van der Waals surface area contributed by atoms with Crippen LogP contribution >= 0.6 is 0 Å². The predicted molar refractivity (Wildman–Crippen MR) is 125 cm³/mol. The second-order valence-electron chi connectivity index (χ2n) is 8.17. The molecule has 0 amide bonds. The first-order chi connectivity index (χ1) is 16.0. The molecule has 0 aliphatic carbocycles. The monoisotopic (exact) mass is 445 g/mol. The summed E-state index contributed by atoms with van der Waals surface area (Å²) in [6, 6.07) is 12.0. The van der Waals surface area contributed by atoms with E-state index in [2.05, 4.69) is 26.8 Å². The minimum absolute atomic E-state index is 0.168. The number of benzene rings is 1. The second kappa shape index (κ2) is 8.59. The van der Waals surface area contributed by atoms with E-state index in [1.54, 1.807) is 13.4 Å². The van der Waals surface area contributed by atoms with Gasteiger partial charge in [0, 0.05) is 43.7 Å². The number of nitrogens with one attached hydrogen (secondary N) is 2. The maximum atomic E-state index is 6.33. The Bertz CT molecular complexity index is 1290. The quantitative estimate of drug-likeness (QED) is 0.485. The molecular formula is C24H27N7O2. The third-order valence-corrected chi connectivity index (χ3v) is 5.65. The van der Waals surface area contributed by atoms with Crippen LogP contribution in [0.1, 0.15) is 28.7 Å². The zero-order valence-electron chi connectivity index (χ0n) is 19.2. The number of pyridine rings is 1. The minimum Gasteiger partial charge on any atom is -0.494 e. The Kier molecular flexibility index (Phi) is 5.47. The van der Waals surface area contributed by atoms with Crippen LogP contribution in [0, 0.1) is 13.8 Å². The van der Waals surface area contributed by atoms with Crippen molar-refractivity contribution in [2.75, 3.05) is 19.0 Å². The Balaban J connectivity index is 1.40. The average Bonchev–Trinajstić information content (AvgIpc) is 3.31. The van der Waals surface area contributed by atoms with Gasteiger partial charge < -0.3 is 24.7 Å². The molecule has 0 bridgehead atoms. The Labute approximate surface area is 192 Å². The van der Waals surface area contributed by atoms with Gasteiger partial charge in [0.1, 0.15) is 11.6 Å². The van der Waals surface area contributed by atoms with Gasteiger partial charge in [-0.3, -0.25) is 4.68 Å². The van der Waals surface area contributed by atoms with Gasteiger partial charge in [-0.25, -0.2) is 4.98 Å². The van der Waals surface area contributed by atoms with E-state index in [-0.39, 0.29) is 6.10 Å². The number of imidazole rings is 1. The third-order valence-electron chi connectivity index (χ3n) is 5.65. The van der Waals surface area contributed by atoms with Gasteiger partial charge in [-0.2, -0.15) is 10.1 Å². The van der Waals surface area contributed by atoms with Gasteiger partial charge in [0.25, 0.3) is 0 Å². The van der Waals surface area contributed by atoms with Gasteiger partial charge in [0.05, 0.1) is 36.2 Å². The average molecular weight is 446 g/mol. The summed E-state index contributed by atoms with van der Waals surface area (Å²) in [6.45, 7) is 5.32. The first-order valence-electron chi connectivity index (χ1n) is 10.8. The number of nitrogens with zero attached hydrogens (tertiary/aromatic N) is 5. The Morgan fingerprint density at radius 2 is 2.03 bits per heavy atom. The van der Waals surface area contributed by atoms with Gasteiger partial charge in [-0.05, 0) is 44.2 Å². The van der Waals surface area contributed by atoms with Crippen LogP contribution in [-0.4, -0.2) is 38.0 Å². The van der Waals surface area contributed by atoms with Crippen molar-refractivity contribution < 1.29 is 9.47 Å². The van der Waals surface area contributed by atoms with Crippen molar-refractivity contribution in [3.8, 4) is 17.3 Å². The smallest absolute Gasteiger partial charge is 0.220 e. The van der Waals surface area contributed by atoms with Crippen LogP contribution in [0.4, 0.5) is 11.5 Å². The van der Waals surface area contributed by atoms with Gasteiger partial charge in [0.15, 0.2) is 6.10 Å². The van der Waals surface area contributed by atoms with E-state index in [1.165, 1.54) is 0 Å². The molecule has 2 N–H and O–H groups in total. The van der Waals surface area contributed by atoms with Crippen LogP contribution in [0.3, 0.4) is 0 Å². The molecule has 170 valence electrons. The standard InChI is InChI=1S/C24H27N7O2/c1-15-9-20(30(3)29-15)22-12-25-11-17-5-8-23(28-24(17)33-22)27-18-6-7-19(21(10-18)32-4)31-13-16(2)26-14-31/h5-10,13-14,22,25H,11-12H2,1-4H3,(H,27,28). The van der Waals surface area contributed by atoms with Gasteiger partial charge >= 0.3 is 0 Å². The fourth-order valence-electron chi connectivity index (χ4n) is 4.06. The van der Waals surface area contributed by atoms with Crippen molar-refractivity contribution in [1.82, 2.24) is 29.6 Å². The number of aromatic nitrogens is 5. The Morgan fingerprint density at radius 1 is 1.15 bits per heavy atom. The lowest BCUT2D eigenvalue weighted by atomic mass is 10.2. The molecule has 0 saturated carbocycles. The maximum Gasteiger partial charge on any atom is 0.220 e. The summed E-state index contributed by atoms with van der Waals surface area (Å²) in [4.78, 5) is 9.06. The highest BCUT2D eigenvalue weighted by Gasteiger charge is 2.23. The van der Waals surface area contributed by atoms with E-state index in [1.807, 2.05) is 66.7 Å². The van der Waals surface area contributed by atoms with Gasteiger partial charge in [-0.1, -0.05) is 0 Å². The number of fused-ring (bicyclic) bond motifs is 1. The number of aryl methyl sites for hydroxylation is 3. The molecule has 33 heavy (non-hydrogen) atoms. The van der Waals surface area contributed by atoms with E-state index < -0.39 is 0 Å². The molecule has 0 radical (unpaired) electrons. The van der Waals surface area contributed by atoms with Crippen LogP contribution in [0.2, 0.25) is 0 Å². The second-order valence-corrected chi connectivity index (χ2v) is 8.17. The lowest BCUT2D eigenvalue weighted by molar-refractivity contribution is 0.193. The highest BCUT2D eigenvalue weighted by molar-refractivity contribution is 5.63. The molecule has 0 saturated heterocycles. The van der Waals surface area contributed by atoms with E-state index in [0.717, 1.165) is 39.8 Å². The number of methoxy groups -OCH3 is 1. The fraction of sp³-hybridized carbons (Fsp3) is 0.292. The molecule has 1 unspecified atom stereocenters. The summed E-state index contributed by atoms with van der Waals surface area (Å²) in [7, 11) is 3.60. The minimum atomic E-state index is -0.168. The van der Waals surface area contributed by atoms with Crippen molar-refractivity contribution in [2.45, 2.75) is 26.5 Å². The summed E-state index contributed by atoms with van der Waals surface area (Å²) >= 11 is 0. The molecule has 1 aromatic carbocycles. The van der Waals surface area contributed by atoms with Gasteiger partial charge in [-0.15, -0.1) is 0 Å². The molecule has 1 aliphatic rings. The molecule has 4 heterocycles. The van der Waals surface area contributed by atoms with E-state index >= 15 is 0 Å². The van der Waals surface area contributed by atoms with Gasteiger partial charge in [0.2, 0.25) is 5.88 Å². The molecule has 9 heteroatoms. The van der Waals surface area contributed by atoms with Crippen molar-refractivity contribution in [3.05, 3.63) is 71.6 Å². The number of rotatable bonds is 5. The lowest BCUT2D eigenvalue weighted by Gasteiger charge is -2.17. The molecule has 3 aromatic heterocycles. The first-order valence-corrected chi connectivity index (χ1v) is 10.8. The summed E-state index contributed by atoms with van der Waals surface area (Å²) in [6.07, 6.45) is 3.57. The number of hydrogen-bond donors (Lipinski definition) is 2. The Hall–Kier alpha value is -3.85. The topological polar surface area (TPSA) is 91.0 Å². The summed E-state index contributed by atoms with van der Waals surface area (Å²) < 4.78 is 15.8. The Morgan fingerprint density at radius 3 is 2.76 bits per heavy atom. The molecule has 4 aromatic rings. The molecule has 1 aliphatic heterocycles. The van der Waals surface area contributed by atoms with E-state index in [0.29, 0.717) is 24.8 Å². The van der Waals surface area contributed by atoms with E-state index in [4.69, 9.17) is 14.5 Å². The maximum absolute atomic E-state index is 6.33. The van der Waals surface area contributed by atoms with Crippen LogP contribution in [0.25, 0.3) is 5.69 Å². The van der Waals surface area contributed by atoms with Crippen LogP contribution in [0.5, 0.6) is 11.6 Å². The predicted octanol–water partition coefficient (Wildman–Crippen LogP) is 3.59. The normalized spacial score (nSPS) is 15.5. The zero-order chi connectivity index (χ0) is 22.9. The van der Waals surface area contributed by atoms with Crippen molar-refractivity contribution in [2.24, 2.45) is 7.05 Å². The van der Waals surface area contributed by atoms with Crippen molar-refractivity contribution >= 4 is 11.5 Å². The first kappa shape index (κ1) is 21.0. The molecule has 1 atom stereocenters. The summed E-state index contributed by atoms with van der Waals surface area (Å²) in [5, 5.41) is 11.3. The van der Waals surface area contributed by atoms with E-state index in [9.17, 15) is 0 Å². The lowest BCUT2D eigenvalue weighted by Crippen LogP contribution is -2.23. The van der Waals surface area contributed by atoms with Crippen molar-refractivity contribution in [3.63, 3.8) is 0 Å². The number of ether oxygens (including phenoxy) is 2. The number of hydrogen-bond acceptors (Lipinski definition) is 7. The highest BCUT2D eigenvalue weighted by atomic mass is 16.5. The molecule has 5 rings (SSSR count). The molecule has 0 fully saturated rings. The third kappa shape index (κ3) is 4.27. The zero-order valence-corrected chi connectivity index (χ0v) is 19.2. The molecular weight excluding hydrogens is 418 g/mol. The highest BCUT2D eigenvalue weighted by Crippen LogP contribution is 2.31. The fourth-order valence-corrected chi connectivity index (χ4v) is 4.06.